The van der Waals surface area contributed by atoms with Gasteiger partial charge in [-0.05, 0) is 47.2 Å². The van der Waals surface area contributed by atoms with Gasteiger partial charge in [-0.3, -0.25) is 9.59 Å². The van der Waals surface area contributed by atoms with E-state index in [4.69, 9.17) is 4.74 Å². The molecule has 0 aliphatic heterocycles. The molecule has 2 aromatic rings. The van der Waals surface area contributed by atoms with E-state index in [1.54, 1.807) is 12.1 Å². The molecule has 22 heavy (non-hydrogen) atoms. The Kier molecular flexibility index (Phi) is 5.94. The average molecular weight is 409 g/mol. The minimum absolute atomic E-state index is 0.143. The summed E-state index contributed by atoms with van der Waals surface area (Å²) in [5.74, 6) is -0.739. The van der Waals surface area contributed by atoms with Crippen molar-refractivity contribution < 1.29 is 14.3 Å². The van der Waals surface area contributed by atoms with E-state index in [9.17, 15) is 9.59 Å². The standard InChI is InChI=1S/C17H16INO3/c1-12-6-8-13(9-7-12)11-22-16(20)10-19-17(21)14-4-2-3-5-15(14)18/h2-9H,10-11H2,1H3,(H,19,21). The summed E-state index contributed by atoms with van der Waals surface area (Å²) in [6, 6.07) is 14.9. The summed E-state index contributed by atoms with van der Waals surface area (Å²) in [7, 11) is 0. The topological polar surface area (TPSA) is 55.4 Å². The van der Waals surface area contributed by atoms with Crippen LogP contribution in [0.15, 0.2) is 48.5 Å². The number of halogens is 1. The number of hydrogen-bond donors (Lipinski definition) is 1. The van der Waals surface area contributed by atoms with Crippen LogP contribution in [0.4, 0.5) is 0 Å². The molecular formula is C17H16INO3. The van der Waals surface area contributed by atoms with E-state index in [1.165, 1.54) is 0 Å². The van der Waals surface area contributed by atoms with Crippen molar-refractivity contribution in [3.8, 4) is 0 Å². The molecule has 114 valence electrons. The molecule has 0 saturated heterocycles. The monoisotopic (exact) mass is 409 g/mol. The molecule has 0 aliphatic carbocycles. The molecule has 0 aliphatic rings. The van der Waals surface area contributed by atoms with E-state index in [0.29, 0.717) is 5.56 Å². The Morgan fingerprint density at radius 2 is 1.77 bits per heavy atom. The smallest absolute Gasteiger partial charge is 0.325 e. The Hall–Kier alpha value is -1.89. The highest BCUT2D eigenvalue weighted by Crippen LogP contribution is 2.11. The van der Waals surface area contributed by atoms with Crippen LogP contribution < -0.4 is 5.32 Å². The van der Waals surface area contributed by atoms with Crippen molar-refractivity contribution in [1.82, 2.24) is 5.32 Å². The maximum Gasteiger partial charge on any atom is 0.325 e. The van der Waals surface area contributed by atoms with E-state index >= 15 is 0 Å². The summed E-state index contributed by atoms with van der Waals surface area (Å²) in [6.45, 7) is 2.06. The molecule has 2 rings (SSSR count). The van der Waals surface area contributed by atoms with E-state index in [1.807, 2.05) is 43.3 Å². The molecule has 1 N–H and O–H groups in total. The minimum atomic E-state index is -0.458. The molecule has 0 spiro atoms. The van der Waals surface area contributed by atoms with Gasteiger partial charge in [0.05, 0.1) is 5.56 Å². The molecule has 5 heteroatoms. The number of hydrogen-bond acceptors (Lipinski definition) is 3. The molecule has 0 fully saturated rings. The summed E-state index contributed by atoms with van der Waals surface area (Å²) in [6.07, 6.45) is 0. The van der Waals surface area contributed by atoms with Gasteiger partial charge in [-0.1, -0.05) is 42.0 Å². The molecule has 0 unspecified atom stereocenters. The number of benzene rings is 2. The lowest BCUT2D eigenvalue weighted by Gasteiger charge is -2.08. The maximum atomic E-state index is 12.0. The zero-order valence-electron chi connectivity index (χ0n) is 12.1. The van der Waals surface area contributed by atoms with Crippen LogP contribution in [0.2, 0.25) is 0 Å². The Morgan fingerprint density at radius 3 is 2.45 bits per heavy atom. The second-order valence-corrected chi connectivity index (χ2v) is 5.97. The molecule has 1 amide bonds. The molecule has 0 aromatic heterocycles. The molecular weight excluding hydrogens is 393 g/mol. The summed E-state index contributed by atoms with van der Waals surface area (Å²) < 4.78 is 5.97. The summed E-state index contributed by atoms with van der Waals surface area (Å²) in [4.78, 5) is 23.6. The van der Waals surface area contributed by atoms with Crippen LogP contribution in [-0.2, 0) is 16.1 Å². The lowest BCUT2D eigenvalue weighted by atomic mass is 10.2. The van der Waals surface area contributed by atoms with Crippen molar-refractivity contribution in [2.24, 2.45) is 0 Å². The van der Waals surface area contributed by atoms with Crippen LogP contribution in [0.25, 0.3) is 0 Å². The van der Waals surface area contributed by atoms with E-state index in [0.717, 1.165) is 14.7 Å². The number of amides is 1. The number of carbonyl (C=O) groups excluding carboxylic acids is 2. The van der Waals surface area contributed by atoms with Crippen LogP contribution in [0, 0.1) is 10.5 Å². The SMILES string of the molecule is Cc1ccc(COC(=O)CNC(=O)c2ccccc2I)cc1. The van der Waals surface area contributed by atoms with Gasteiger partial charge in [0.15, 0.2) is 0 Å². The first kappa shape index (κ1) is 16.5. The van der Waals surface area contributed by atoms with Crippen molar-refractivity contribution in [3.05, 3.63) is 68.8 Å². The molecule has 0 radical (unpaired) electrons. The third-order valence-electron chi connectivity index (χ3n) is 3.03. The van der Waals surface area contributed by atoms with Gasteiger partial charge < -0.3 is 10.1 Å². The third-order valence-corrected chi connectivity index (χ3v) is 3.97. The highest BCUT2D eigenvalue weighted by atomic mass is 127. The zero-order valence-corrected chi connectivity index (χ0v) is 14.3. The Morgan fingerprint density at radius 1 is 1.09 bits per heavy atom. The molecule has 0 atom stereocenters. The van der Waals surface area contributed by atoms with Crippen molar-refractivity contribution >= 4 is 34.5 Å². The fraction of sp³-hybridized carbons (Fsp3) is 0.176. The second-order valence-electron chi connectivity index (χ2n) is 4.81. The molecule has 0 saturated carbocycles. The highest BCUT2D eigenvalue weighted by molar-refractivity contribution is 14.1. The van der Waals surface area contributed by atoms with E-state index in [2.05, 4.69) is 27.9 Å². The van der Waals surface area contributed by atoms with Crippen LogP contribution in [0.3, 0.4) is 0 Å². The molecule has 0 heterocycles. The van der Waals surface area contributed by atoms with Crippen molar-refractivity contribution in [2.45, 2.75) is 13.5 Å². The zero-order chi connectivity index (χ0) is 15.9. The Bertz CT molecular complexity index is 668. The van der Waals surface area contributed by atoms with Gasteiger partial charge in [0.1, 0.15) is 13.2 Å². The highest BCUT2D eigenvalue weighted by Gasteiger charge is 2.11. The molecule has 0 bridgehead atoms. The Labute approximate surface area is 143 Å². The van der Waals surface area contributed by atoms with Crippen molar-refractivity contribution in [3.63, 3.8) is 0 Å². The Balaban J connectivity index is 1.79. The number of ether oxygens (including phenoxy) is 1. The summed E-state index contributed by atoms with van der Waals surface area (Å²) in [5, 5.41) is 2.57. The van der Waals surface area contributed by atoms with Gasteiger partial charge in [-0.2, -0.15) is 0 Å². The fourth-order valence-corrected chi connectivity index (χ4v) is 2.42. The third kappa shape index (κ3) is 4.84. The number of esters is 1. The first-order valence-electron chi connectivity index (χ1n) is 6.80. The number of carbonyl (C=O) groups is 2. The number of rotatable bonds is 5. The number of aryl methyl sites for hydroxylation is 1. The van der Waals surface area contributed by atoms with Crippen LogP contribution >= 0.6 is 22.6 Å². The van der Waals surface area contributed by atoms with Crippen LogP contribution in [-0.4, -0.2) is 18.4 Å². The summed E-state index contributed by atoms with van der Waals surface area (Å²) >= 11 is 2.08. The maximum absolute atomic E-state index is 12.0. The number of nitrogens with one attached hydrogen (secondary N) is 1. The first-order valence-corrected chi connectivity index (χ1v) is 7.88. The van der Waals surface area contributed by atoms with Crippen LogP contribution in [0.1, 0.15) is 21.5 Å². The van der Waals surface area contributed by atoms with Crippen molar-refractivity contribution in [2.75, 3.05) is 6.54 Å². The first-order chi connectivity index (χ1) is 10.6. The van der Waals surface area contributed by atoms with Crippen LogP contribution in [0.5, 0.6) is 0 Å². The second kappa shape index (κ2) is 7.93. The summed E-state index contributed by atoms with van der Waals surface area (Å²) in [5.41, 5.74) is 2.62. The average Bonchev–Trinajstić information content (AvgIpc) is 2.52. The minimum Gasteiger partial charge on any atom is -0.460 e. The quantitative estimate of drug-likeness (QED) is 0.610. The van der Waals surface area contributed by atoms with Gasteiger partial charge in [-0.15, -0.1) is 0 Å². The lowest BCUT2D eigenvalue weighted by Crippen LogP contribution is -2.31. The molecule has 4 nitrogen and oxygen atoms in total. The lowest BCUT2D eigenvalue weighted by molar-refractivity contribution is -0.143. The van der Waals surface area contributed by atoms with Gasteiger partial charge in [0, 0.05) is 3.57 Å². The largest absolute Gasteiger partial charge is 0.460 e. The van der Waals surface area contributed by atoms with Crippen molar-refractivity contribution in [1.29, 1.82) is 0 Å². The normalized spacial score (nSPS) is 10.1. The van der Waals surface area contributed by atoms with Gasteiger partial charge in [0.2, 0.25) is 0 Å². The van der Waals surface area contributed by atoms with Gasteiger partial charge in [-0.25, -0.2) is 0 Å². The van der Waals surface area contributed by atoms with E-state index < -0.39 is 5.97 Å². The van der Waals surface area contributed by atoms with E-state index in [-0.39, 0.29) is 19.1 Å². The van der Waals surface area contributed by atoms with Gasteiger partial charge in [0.25, 0.3) is 5.91 Å². The van der Waals surface area contributed by atoms with Gasteiger partial charge >= 0.3 is 5.97 Å². The fourth-order valence-electron chi connectivity index (χ4n) is 1.79. The predicted molar refractivity (Wildman–Crippen MR) is 92.5 cm³/mol. The molecule has 2 aromatic carbocycles. The predicted octanol–water partition coefficient (Wildman–Crippen LogP) is 3.07.